The molecule has 1 spiro atoms. The molecule has 1 N–H and O–H groups in total. The fourth-order valence-corrected chi connectivity index (χ4v) is 5.81. The molecule has 2 saturated heterocycles. The number of piperidine rings is 1. The molecule has 1 aliphatic carbocycles. The van der Waals surface area contributed by atoms with E-state index in [1.165, 1.54) is 5.56 Å². The maximum atomic E-state index is 12.9. The zero-order valence-corrected chi connectivity index (χ0v) is 13.4. The van der Waals surface area contributed by atoms with Gasteiger partial charge in [0.25, 0.3) is 0 Å². The molecule has 0 unspecified atom stereocenters. The van der Waals surface area contributed by atoms with Gasteiger partial charge in [-0.3, -0.25) is 9.59 Å². The molecule has 4 nitrogen and oxygen atoms in total. The molecule has 23 heavy (non-hydrogen) atoms. The summed E-state index contributed by atoms with van der Waals surface area (Å²) in [6.45, 7) is 3.00. The number of ketones is 1. The molecule has 5 atom stereocenters. The first-order valence-electron chi connectivity index (χ1n) is 8.83. The highest BCUT2D eigenvalue weighted by atomic mass is 16.2. The lowest BCUT2D eigenvalue weighted by atomic mass is 9.58. The lowest BCUT2D eigenvalue weighted by Gasteiger charge is -2.51. The van der Waals surface area contributed by atoms with Gasteiger partial charge in [-0.2, -0.15) is 0 Å². The predicted molar refractivity (Wildman–Crippen MR) is 87.2 cm³/mol. The monoisotopic (exact) mass is 310 g/mol. The molecule has 4 heteroatoms. The number of fused-ring (bicyclic) bond motifs is 1. The summed E-state index contributed by atoms with van der Waals surface area (Å²) in [5, 5.41) is 3.56. The van der Waals surface area contributed by atoms with Crippen molar-refractivity contribution in [2.45, 2.75) is 50.1 Å². The number of anilines is 1. The van der Waals surface area contributed by atoms with Crippen LogP contribution in [0.5, 0.6) is 0 Å². The summed E-state index contributed by atoms with van der Waals surface area (Å²) in [6.07, 6.45) is 3.13. The minimum absolute atomic E-state index is 0.0318. The van der Waals surface area contributed by atoms with Crippen LogP contribution in [0.2, 0.25) is 0 Å². The molecule has 120 valence electrons. The van der Waals surface area contributed by atoms with Crippen LogP contribution in [0.1, 0.15) is 38.2 Å². The number of nitrogens with one attached hydrogen (secondary N) is 1. The molecule has 3 aliphatic heterocycles. The van der Waals surface area contributed by atoms with Crippen molar-refractivity contribution in [2.24, 2.45) is 11.8 Å². The molecule has 3 heterocycles. The number of carbonyl (C=O) groups is 2. The highest BCUT2D eigenvalue weighted by molar-refractivity contribution is 5.93. The Bertz CT molecular complexity index is 715. The van der Waals surface area contributed by atoms with Crippen molar-refractivity contribution in [1.82, 2.24) is 4.90 Å². The summed E-state index contributed by atoms with van der Waals surface area (Å²) < 4.78 is 0. The largest absolute Gasteiger partial charge is 0.381 e. The molecule has 1 aromatic carbocycles. The van der Waals surface area contributed by atoms with Gasteiger partial charge in [0.1, 0.15) is 5.78 Å². The van der Waals surface area contributed by atoms with E-state index in [9.17, 15) is 9.59 Å². The number of carbonyl (C=O) groups excluding carboxylic acids is 2. The summed E-state index contributed by atoms with van der Waals surface area (Å²) in [7, 11) is 0. The van der Waals surface area contributed by atoms with Gasteiger partial charge in [0.2, 0.25) is 5.91 Å². The third kappa shape index (κ3) is 1.52. The number of nitrogens with zero attached hydrogens (tertiary/aromatic N) is 1. The van der Waals surface area contributed by atoms with Gasteiger partial charge >= 0.3 is 0 Å². The summed E-state index contributed by atoms with van der Waals surface area (Å²) in [5.41, 5.74) is 2.20. The quantitative estimate of drug-likeness (QED) is 0.866. The van der Waals surface area contributed by atoms with Crippen LogP contribution in [-0.2, 0) is 15.0 Å². The SMILES string of the molecule is CC[C@H]1C[C@@H]2C(=O)C[C@H]3Nc4ccccc4[C@]34CC(=O)N(C1)[C@H]24. The smallest absolute Gasteiger partial charge is 0.223 e. The average molecular weight is 310 g/mol. The lowest BCUT2D eigenvalue weighted by Crippen LogP contribution is -2.62. The second kappa shape index (κ2) is 4.37. The van der Waals surface area contributed by atoms with Crippen molar-refractivity contribution in [3.05, 3.63) is 29.8 Å². The van der Waals surface area contributed by atoms with Crippen LogP contribution in [0.15, 0.2) is 24.3 Å². The Hall–Kier alpha value is -1.84. The molecule has 1 saturated carbocycles. The third-order valence-corrected chi connectivity index (χ3v) is 6.83. The van der Waals surface area contributed by atoms with Crippen molar-refractivity contribution in [3.8, 4) is 0 Å². The number of para-hydroxylation sites is 1. The van der Waals surface area contributed by atoms with Gasteiger partial charge in [0.15, 0.2) is 0 Å². The molecule has 0 bridgehead atoms. The summed E-state index contributed by atoms with van der Waals surface area (Å²) in [5.74, 6) is 1.11. The molecule has 5 rings (SSSR count). The van der Waals surface area contributed by atoms with Crippen molar-refractivity contribution < 1.29 is 9.59 Å². The van der Waals surface area contributed by atoms with Gasteiger partial charge in [0.05, 0.1) is 6.04 Å². The van der Waals surface area contributed by atoms with E-state index >= 15 is 0 Å². The van der Waals surface area contributed by atoms with Crippen LogP contribution in [-0.4, -0.2) is 35.2 Å². The minimum atomic E-state index is -0.190. The Labute approximate surface area is 136 Å². The van der Waals surface area contributed by atoms with Gasteiger partial charge in [-0.1, -0.05) is 31.5 Å². The van der Waals surface area contributed by atoms with E-state index in [2.05, 4.69) is 35.3 Å². The third-order valence-electron chi connectivity index (χ3n) is 6.83. The molecule has 0 radical (unpaired) electrons. The van der Waals surface area contributed by atoms with Crippen LogP contribution in [0.3, 0.4) is 0 Å². The minimum Gasteiger partial charge on any atom is -0.381 e. The fraction of sp³-hybridized carbons (Fsp3) is 0.579. The van der Waals surface area contributed by atoms with Crippen LogP contribution >= 0.6 is 0 Å². The lowest BCUT2D eigenvalue weighted by molar-refractivity contribution is -0.138. The molecule has 1 aromatic rings. The predicted octanol–water partition coefficient (Wildman–Crippen LogP) is 2.34. The Morgan fingerprint density at radius 1 is 1.30 bits per heavy atom. The van der Waals surface area contributed by atoms with Crippen molar-refractivity contribution in [2.75, 3.05) is 11.9 Å². The van der Waals surface area contributed by atoms with Crippen LogP contribution in [0.25, 0.3) is 0 Å². The Morgan fingerprint density at radius 2 is 2.13 bits per heavy atom. The number of amides is 1. The molecule has 3 fully saturated rings. The number of hydrogen-bond donors (Lipinski definition) is 1. The number of benzene rings is 1. The van der Waals surface area contributed by atoms with Crippen LogP contribution in [0.4, 0.5) is 5.69 Å². The zero-order chi connectivity index (χ0) is 15.8. The zero-order valence-electron chi connectivity index (χ0n) is 13.4. The van der Waals surface area contributed by atoms with E-state index < -0.39 is 0 Å². The van der Waals surface area contributed by atoms with E-state index in [1.54, 1.807) is 0 Å². The molecule has 1 amide bonds. The van der Waals surface area contributed by atoms with Gasteiger partial charge in [-0.15, -0.1) is 0 Å². The maximum Gasteiger partial charge on any atom is 0.223 e. The first kappa shape index (κ1) is 13.6. The van der Waals surface area contributed by atoms with E-state index in [1.807, 2.05) is 6.07 Å². The first-order chi connectivity index (χ1) is 11.1. The Morgan fingerprint density at radius 3 is 2.96 bits per heavy atom. The average Bonchev–Trinajstić information content (AvgIpc) is 3.04. The highest BCUT2D eigenvalue weighted by Gasteiger charge is 2.67. The Kier molecular flexibility index (Phi) is 2.58. The summed E-state index contributed by atoms with van der Waals surface area (Å²) in [4.78, 5) is 27.7. The number of rotatable bonds is 1. The number of hydrogen-bond acceptors (Lipinski definition) is 3. The van der Waals surface area contributed by atoms with E-state index in [0.29, 0.717) is 24.5 Å². The second-order valence-electron chi connectivity index (χ2n) is 7.74. The highest BCUT2D eigenvalue weighted by Crippen LogP contribution is 2.58. The molecule has 0 aromatic heterocycles. The normalized spacial score (nSPS) is 40.5. The van der Waals surface area contributed by atoms with Crippen molar-refractivity contribution in [1.29, 1.82) is 0 Å². The van der Waals surface area contributed by atoms with Crippen LogP contribution < -0.4 is 5.32 Å². The van der Waals surface area contributed by atoms with Gasteiger partial charge in [-0.25, -0.2) is 0 Å². The second-order valence-corrected chi connectivity index (χ2v) is 7.74. The van der Waals surface area contributed by atoms with Crippen molar-refractivity contribution in [3.63, 3.8) is 0 Å². The van der Waals surface area contributed by atoms with Crippen molar-refractivity contribution >= 4 is 17.4 Å². The summed E-state index contributed by atoms with van der Waals surface area (Å²) in [6, 6.07) is 8.50. The maximum absolute atomic E-state index is 12.9. The van der Waals surface area contributed by atoms with Gasteiger partial charge in [-0.05, 0) is 24.0 Å². The number of Topliss-reactive ketones (excluding diaryl/α,β-unsaturated/α-hetero) is 1. The van der Waals surface area contributed by atoms with Gasteiger partial charge in [0, 0.05) is 42.4 Å². The fourth-order valence-electron chi connectivity index (χ4n) is 5.81. The topological polar surface area (TPSA) is 49.4 Å². The van der Waals surface area contributed by atoms with E-state index in [4.69, 9.17) is 0 Å². The molecular weight excluding hydrogens is 288 g/mol. The Balaban J connectivity index is 1.69. The van der Waals surface area contributed by atoms with Crippen LogP contribution in [0, 0.1) is 11.8 Å². The first-order valence-corrected chi connectivity index (χ1v) is 8.83. The standard InChI is InChI=1S/C19H22N2O2/c1-2-11-7-12-15(22)8-16-19(9-17(23)21(10-11)18(12)19)13-5-3-4-6-14(13)20-16/h3-6,11-12,16,18,20H,2,7-10H2,1H3/t11-,12+,16+,18+,19+/m0/s1. The van der Waals surface area contributed by atoms with E-state index in [-0.39, 0.29) is 29.3 Å². The van der Waals surface area contributed by atoms with E-state index in [0.717, 1.165) is 25.1 Å². The molecular formula is C19H22N2O2. The van der Waals surface area contributed by atoms with Gasteiger partial charge < -0.3 is 10.2 Å². The summed E-state index contributed by atoms with van der Waals surface area (Å²) >= 11 is 0. The molecule has 4 aliphatic rings.